The fraction of sp³-hybridized carbons (Fsp3) is 0.400. The van der Waals surface area contributed by atoms with Crippen molar-refractivity contribution in [3.05, 3.63) is 35.6 Å². The summed E-state index contributed by atoms with van der Waals surface area (Å²) in [5, 5.41) is 7.73. The Morgan fingerprint density at radius 2 is 2.13 bits per heavy atom. The molecule has 0 saturated carbocycles. The zero-order valence-electron chi connectivity index (χ0n) is 13.1. The SMILES string of the molecule is CNC(=O)Cc1csc(NC(=O)C(CCSC)n2cccc2)n1. The highest BCUT2D eigenvalue weighted by Crippen LogP contribution is 2.20. The van der Waals surface area contributed by atoms with Gasteiger partial charge in [-0.1, -0.05) is 0 Å². The van der Waals surface area contributed by atoms with Gasteiger partial charge >= 0.3 is 0 Å². The third-order valence-electron chi connectivity index (χ3n) is 3.29. The maximum absolute atomic E-state index is 12.6. The first-order valence-electron chi connectivity index (χ1n) is 7.21. The van der Waals surface area contributed by atoms with Gasteiger partial charge in [0.2, 0.25) is 11.8 Å². The van der Waals surface area contributed by atoms with Gasteiger partial charge in [-0.15, -0.1) is 11.3 Å². The molecule has 0 spiro atoms. The molecule has 2 amide bonds. The topological polar surface area (TPSA) is 76.0 Å². The Kier molecular flexibility index (Phi) is 6.66. The number of rotatable bonds is 8. The highest BCUT2D eigenvalue weighted by Gasteiger charge is 2.20. The van der Waals surface area contributed by atoms with E-state index in [4.69, 9.17) is 0 Å². The van der Waals surface area contributed by atoms with Crippen LogP contribution in [0.2, 0.25) is 0 Å². The van der Waals surface area contributed by atoms with E-state index in [1.807, 2.05) is 35.3 Å². The normalized spacial score (nSPS) is 11.9. The van der Waals surface area contributed by atoms with Crippen LogP contribution < -0.4 is 10.6 Å². The molecule has 0 bridgehead atoms. The minimum atomic E-state index is -0.260. The van der Waals surface area contributed by atoms with Crippen molar-refractivity contribution >= 4 is 40.0 Å². The smallest absolute Gasteiger partial charge is 0.249 e. The van der Waals surface area contributed by atoms with Crippen LogP contribution in [0, 0.1) is 0 Å². The lowest BCUT2D eigenvalue weighted by atomic mass is 10.2. The van der Waals surface area contributed by atoms with Crippen LogP contribution in [0.5, 0.6) is 0 Å². The number of carbonyl (C=O) groups is 2. The Bertz CT molecular complexity index is 640. The largest absolute Gasteiger partial charge is 0.359 e. The maximum Gasteiger partial charge on any atom is 0.249 e. The van der Waals surface area contributed by atoms with Gasteiger partial charge < -0.3 is 15.2 Å². The number of anilines is 1. The molecule has 2 heterocycles. The fourth-order valence-corrected chi connectivity index (χ4v) is 3.26. The molecular formula is C15H20N4O2S2. The van der Waals surface area contributed by atoms with Crippen LogP contribution in [0.15, 0.2) is 29.9 Å². The molecule has 0 aliphatic rings. The summed E-state index contributed by atoms with van der Waals surface area (Å²) in [7, 11) is 1.59. The number of carbonyl (C=O) groups excluding carboxylic acids is 2. The lowest BCUT2D eigenvalue weighted by Gasteiger charge is -2.17. The number of thioether (sulfide) groups is 1. The lowest BCUT2D eigenvalue weighted by molar-refractivity contribution is -0.120. The quantitative estimate of drug-likeness (QED) is 0.763. The van der Waals surface area contributed by atoms with Gasteiger partial charge in [0.05, 0.1) is 12.1 Å². The molecule has 2 aromatic heterocycles. The van der Waals surface area contributed by atoms with Gasteiger partial charge in [-0.05, 0) is 30.6 Å². The van der Waals surface area contributed by atoms with Crippen molar-refractivity contribution in [2.24, 2.45) is 0 Å². The highest BCUT2D eigenvalue weighted by molar-refractivity contribution is 7.98. The first-order chi connectivity index (χ1) is 11.1. The maximum atomic E-state index is 12.6. The summed E-state index contributed by atoms with van der Waals surface area (Å²) in [5.74, 6) is 0.713. The van der Waals surface area contributed by atoms with Crippen LogP contribution in [-0.2, 0) is 16.0 Å². The number of likely N-dealkylation sites (N-methyl/N-ethyl adjacent to an activating group) is 1. The number of amides is 2. The van der Waals surface area contributed by atoms with Crippen molar-refractivity contribution < 1.29 is 9.59 Å². The summed E-state index contributed by atoms with van der Waals surface area (Å²) in [6, 6.07) is 3.55. The van der Waals surface area contributed by atoms with Gasteiger partial charge in [-0.3, -0.25) is 9.59 Å². The molecule has 0 radical (unpaired) electrons. The fourth-order valence-electron chi connectivity index (χ4n) is 2.09. The van der Waals surface area contributed by atoms with Crippen molar-refractivity contribution in [3.63, 3.8) is 0 Å². The highest BCUT2D eigenvalue weighted by atomic mass is 32.2. The molecule has 0 aliphatic carbocycles. The summed E-state index contributed by atoms with van der Waals surface area (Å²) < 4.78 is 1.91. The van der Waals surface area contributed by atoms with Crippen LogP contribution in [0.3, 0.4) is 0 Å². The van der Waals surface area contributed by atoms with E-state index in [2.05, 4.69) is 15.6 Å². The third-order valence-corrected chi connectivity index (χ3v) is 4.74. The molecule has 0 saturated heterocycles. The van der Waals surface area contributed by atoms with Crippen LogP contribution in [-0.4, -0.2) is 40.4 Å². The zero-order chi connectivity index (χ0) is 16.7. The first-order valence-corrected chi connectivity index (χ1v) is 9.48. The molecule has 2 N–H and O–H groups in total. The molecule has 2 rings (SSSR count). The van der Waals surface area contributed by atoms with E-state index in [-0.39, 0.29) is 24.3 Å². The van der Waals surface area contributed by atoms with E-state index in [0.717, 1.165) is 12.2 Å². The number of hydrogen-bond donors (Lipinski definition) is 2. The summed E-state index contributed by atoms with van der Waals surface area (Å²) in [6.07, 6.45) is 6.78. The van der Waals surface area contributed by atoms with E-state index in [0.29, 0.717) is 10.8 Å². The number of aromatic nitrogens is 2. The summed E-state index contributed by atoms with van der Waals surface area (Å²) in [5.41, 5.74) is 0.659. The average molecular weight is 352 g/mol. The Morgan fingerprint density at radius 1 is 1.39 bits per heavy atom. The number of nitrogens with one attached hydrogen (secondary N) is 2. The van der Waals surface area contributed by atoms with E-state index < -0.39 is 0 Å². The monoisotopic (exact) mass is 352 g/mol. The molecule has 0 aromatic carbocycles. The average Bonchev–Trinajstić information content (AvgIpc) is 3.20. The molecule has 0 aliphatic heterocycles. The second-order valence-electron chi connectivity index (χ2n) is 4.91. The first kappa shape index (κ1) is 17.6. The molecule has 23 heavy (non-hydrogen) atoms. The van der Waals surface area contributed by atoms with Crippen molar-refractivity contribution in [1.29, 1.82) is 0 Å². The van der Waals surface area contributed by atoms with Gasteiger partial charge in [0.25, 0.3) is 0 Å². The van der Waals surface area contributed by atoms with Crippen molar-refractivity contribution in [2.75, 3.05) is 24.4 Å². The standard InChI is InChI=1S/C15H20N4O2S2/c1-16-13(20)9-11-10-23-15(17-11)18-14(21)12(5-8-22-2)19-6-3-4-7-19/h3-4,6-7,10,12H,5,8-9H2,1-2H3,(H,16,20)(H,17,18,21). The van der Waals surface area contributed by atoms with Crippen molar-refractivity contribution in [2.45, 2.75) is 18.9 Å². The van der Waals surface area contributed by atoms with Gasteiger partial charge in [0, 0.05) is 24.8 Å². The third kappa shape index (κ3) is 5.11. The minimum absolute atomic E-state index is 0.0870. The summed E-state index contributed by atoms with van der Waals surface area (Å²) >= 11 is 3.04. The zero-order valence-corrected chi connectivity index (χ0v) is 14.7. The van der Waals surface area contributed by atoms with Crippen LogP contribution in [0.4, 0.5) is 5.13 Å². The van der Waals surface area contributed by atoms with Crippen LogP contribution in [0.1, 0.15) is 18.2 Å². The molecule has 1 unspecified atom stereocenters. The lowest BCUT2D eigenvalue weighted by Crippen LogP contribution is -2.26. The van der Waals surface area contributed by atoms with Crippen LogP contribution in [0.25, 0.3) is 0 Å². The van der Waals surface area contributed by atoms with Crippen molar-refractivity contribution in [1.82, 2.24) is 14.9 Å². The summed E-state index contributed by atoms with van der Waals surface area (Å²) in [6.45, 7) is 0. The van der Waals surface area contributed by atoms with Gasteiger partial charge in [0.1, 0.15) is 6.04 Å². The number of hydrogen-bond acceptors (Lipinski definition) is 5. The van der Waals surface area contributed by atoms with E-state index >= 15 is 0 Å². The molecule has 6 nitrogen and oxygen atoms in total. The van der Waals surface area contributed by atoms with Gasteiger partial charge in [0.15, 0.2) is 5.13 Å². The Hall–Kier alpha value is -1.80. The molecule has 1 atom stereocenters. The molecule has 2 aromatic rings. The van der Waals surface area contributed by atoms with Gasteiger partial charge in [-0.25, -0.2) is 4.98 Å². The van der Waals surface area contributed by atoms with E-state index in [1.165, 1.54) is 11.3 Å². The van der Waals surface area contributed by atoms with Crippen molar-refractivity contribution in [3.8, 4) is 0 Å². The Labute approximate surface area is 143 Å². The predicted molar refractivity (Wildman–Crippen MR) is 95.0 cm³/mol. The van der Waals surface area contributed by atoms with Gasteiger partial charge in [-0.2, -0.15) is 11.8 Å². The second-order valence-corrected chi connectivity index (χ2v) is 6.75. The number of nitrogens with zero attached hydrogens (tertiary/aromatic N) is 2. The Morgan fingerprint density at radius 3 is 2.78 bits per heavy atom. The second kappa shape index (κ2) is 8.73. The van der Waals surface area contributed by atoms with E-state index in [1.54, 1.807) is 24.2 Å². The summed E-state index contributed by atoms with van der Waals surface area (Å²) in [4.78, 5) is 28.2. The Balaban J connectivity index is 2.02. The van der Waals surface area contributed by atoms with Crippen LogP contribution >= 0.6 is 23.1 Å². The predicted octanol–water partition coefficient (Wildman–Crippen LogP) is 2.17. The minimum Gasteiger partial charge on any atom is -0.359 e. The molecule has 8 heteroatoms. The number of thiazole rings is 1. The van der Waals surface area contributed by atoms with E-state index in [9.17, 15) is 9.59 Å². The molecular weight excluding hydrogens is 332 g/mol. The molecule has 124 valence electrons. The molecule has 0 fully saturated rings.